The normalized spacial score (nSPS) is 12.1. The molecule has 6 heteroatoms. The van der Waals surface area contributed by atoms with Gasteiger partial charge in [-0.1, -0.05) is 259 Å². The van der Waals surface area contributed by atoms with Crippen LogP contribution in [0.2, 0.25) is 0 Å². The Morgan fingerprint density at radius 1 is 0.317 bits per heavy atom. The van der Waals surface area contributed by atoms with Gasteiger partial charge in [0.2, 0.25) is 0 Å². The first-order valence-corrected chi connectivity index (χ1v) is 26.7. The van der Waals surface area contributed by atoms with Gasteiger partial charge >= 0.3 is 17.9 Å². The molecule has 0 N–H and O–H groups in total. The molecule has 1 atom stereocenters. The molecule has 356 valence electrons. The summed E-state index contributed by atoms with van der Waals surface area (Å²) in [6.07, 6.45) is 48.1. The highest BCUT2D eigenvalue weighted by molar-refractivity contribution is 5.71. The number of carbonyl (C=O) groups is 3. The summed E-state index contributed by atoms with van der Waals surface area (Å²) in [5.74, 6) is 0.777. The largest absolute Gasteiger partial charge is 0.462 e. The van der Waals surface area contributed by atoms with E-state index in [0.717, 1.165) is 69.6 Å². The number of hydrogen-bond acceptors (Lipinski definition) is 6. The Morgan fingerprint density at radius 2 is 0.550 bits per heavy atom. The third-order valence-electron chi connectivity index (χ3n) is 12.2. The minimum Gasteiger partial charge on any atom is -0.462 e. The van der Waals surface area contributed by atoms with Crippen molar-refractivity contribution in [1.29, 1.82) is 0 Å². The van der Waals surface area contributed by atoms with Crippen LogP contribution in [0.4, 0.5) is 0 Å². The molecule has 0 aliphatic heterocycles. The quantitative estimate of drug-likeness (QED) is 0.0345. The Hall–Kier alpha value is -1.59. The average Bonchev–Trinajstić information content (AvgIpc) is 3.22. The molecule has 0 unspecified atom stereocenters. The van der Waals surface area contributed by atoms with Crippen LogP contribution in [-0.2, 0) is 28.6 Å². The predicted octanol–water partition coefficient (Wildman–Crippen LogP) is 17.3. The molecule has 0 rings (SSSR count). The summed E-state index contributed by atoms with van der Waals surface area (Å²) >= 11 is 0. The van der Waals surface area contributed by atoms with Crippen molar-refractivity contribution in [3.8, 4) is 0 Å². The predicted molar refractivity (Wildman–Crippen MR) is 256 cm³/mol. The van der Waals surface area contributed by atoms with E-state index < -0.39 is 6.10 Å². The van der Waals surface area contributed by atoms with E-state index in [4.69, 9.17) is 14.2 Å². The maximum atomic E-state index is 12.8. The molecule has 0 spiro atoms. The van der Waals surface area contributed by atoms with Crippen molar-refractivity contribution in [2.45, 2.75) is 304 Å². The van der Waals surface area contributed by atoms with Crippen molar-refractivity contribution in [2.75, 3.05) is 13.2 Å². The molecule has 0 aliphatic carbocycles. The monoisotopic (exact) mass is 849 g/mol. The summed E-state index contributed by atoms with van der Waals surface area (Å²) in [4.78, 5) is 38.0. The van der Waals surface area contributed by atoms with Crippen LogP contribution in [0.15, 0.2) is 0 Å². The number of ether oxygens (including phenoxy) is 3. The highest BCUT2D eigenvalue weighted by Crippen LogP contribution is 2.17. The van der Waals surface area contributed by atoms with Crippen LogP contribution in [0.1, 0.15) is 298 Å². The van der Waals surface area contributed by atoms with E-state index in [9.17, 15) is 14.4 Å². The highest BCUT2D eigenvalue weighted by atomic mass is 16.6. The Labute approximate surface area is 374 Å². The molecule has 0 saturated carbocycles. The first-order chi connectivity index (χ1) is 29.2. The zero-order valence-electron chi connectivity index (χ0n) is 41.1. The number of rotatable bonds is 48. The fraction of sp³-hybridized carbons (Fsp3) is 0.944. The Bertz CT molecular complexity index is 916. The van der Waals surface area contributed by atoms with Gasteiger partial charge < -0.3 is 14.2 Å². The minimum atomic E-state index is -0.762. The van der Waals surface area contributed by atoms with E-state index in [1.807, 2.05) is 0 Å². The van der Waals surface area contributed by atoms with Crippen molar-refractivity contribution in [2.24, 2.45) is 11.8 Å². The van der Waals surface area contributed by atoms with Crippen LogP contribution in [0.25, 0.3) is 0 Å². The van der Waals surface area contributed by atoms with E-state index in [2.05, 4.69) is 34.6 Å². The zero-order chi connectivity index (χ0) is 44.0. The second kappa shape index (κ2) is 46.9. The van der Waals surface area contributed by atoms with Crippen LogP contribution >= 0.6 is 0 Å². The van der Waals surface area contributed by atoms with Crippen LogP contribution in [0.3, 0.4) is 0 Å². The zero-order valence-corrected chi connectivity index (χ0v) is 41.1. The standard InChI is InChI=1S/C54H104O6/c1-6-7-8-9-10-11-12-13-14-15-16-17-18-24-29-34-39-44-52(55)58-47-51(60-54(57)46-41-36-31-26-21-23-28-33-38-43-50(4)5)48-59-53(56)45-40-35-30-25-20-19-22-27-32-37-42-49(2)3/h49-51H,6-48H2,1-5H3/t51-/m1/s1. The molecule has 0 radical (unpaired) electrons. The third-order valence-corrected chi connectivity index (χ3v) is 12.2. The second-order valence-corrected chi connectivity index (χ2v) is 19.5. The van der Waals surface area contributed by atoms with Crippen molar-refractivity contribution in [1.82, 2.24) is 0 Å². The molecular formula is C54H104O6. The molecule has 0 aromatic heterocycles. The smallest absolute Gasteiger partial charge is 0.306 e. The van der Waals surface area contributed by atoms with Crippen LogP contribution in [-0.4, -0.2) is 37.2 Å². The molecule has 0 saturated heterocycles. The Kier molecular flexibility index (Phi) is 45.7. The highest BCUT2D eigenvalue weighted by Gasteiger charge is 2.19. The lowest BCUT2D eigenvalue weighted by Gasteiger charge is -2.18. The molecule has 0 bridgehead atoms. The van der Waals surface area contributed by atoms with Gasteiger partial charge in [0, 0.05) is 19.3 Å². The lowest BCUT2D eigenvalue weighted by molar-refractivity contribution is -0.167. The topological polar surface area (TPSA) is 78.9 Å². The average molecular weight is 849 g/mol. The molecule has 0 fully saturated rings. The fourth-order valence-corrected chi connectivity index (χ4v) is 8.17. The summed E-state index contributed by atoms with van der Waals surface area (Å²) in [6, 6.07) is 0. The summed E-state index contributed by atoms with van der Waals surface area (Å²) < 4.78 is 16.8. The Morgan fingerprint density at radius 3 is 0.817 bits per heavy atom. The minimum absolute atomic E-state index is 0.0638. The van der Waals surface area contributed by atoms with Crippen molar-refractivity contribution in [3.63, 3.8) is 0 Å². The van der Waals surface area contributed by atoms with Crippen molar-refractivity contribution in [3.05, 3.63) is 0 Å². The molecule has 6 nitrogen and oxygen atoms in total. The van der Waals surface area contributed by atoms with Gasteiger partial charge in [-0.05, 0) is 31.1 Å². The van der Waals surface area contributed by atoms with Gasteiger partial charge in [0.15, 0.2) is 6.10 Å². The van der Waals surface area contributed by atoms with Gasteiger partial charge in [-0.3, -0.25) is 14.4 Å². The van der Waals surface area contributed by atoms with E-state index in [-0.39, 0.29) is 31.1 Å². The van der Waals surface area contributed by atoms with Crippen molar-refractivity contribution < 1.29 is 28.6 Å². The summed E-state index contributed by atoms with van der Waals surface area (Å²) in [7, 11) is 0. The van der Waals surface area contributed by atoms with Crippen LogP contribution < -0.4 is 0 Å². The first-order valence-electron chi connectivity index (χ1n) is 26.7. The number of unbranched alkanes of at least 4 members (excludes halogenated alkanes) is 33. The van der Waals surface area contributed by atoms with Crippen molar-refractivity contribution >= 4 is 17.9 Å². The molecule has 60 heavy (non-hydrogen) atoms. The van der Waals surface area contributed by atoms with Crippen LogP contribution in [0, 0.1) is 11.8 Å². The fourth-order valence-electron chi connectivity index (χ4n) is 8.17. The molecule has 0 amide bonds. The van der Waals surface area contributed by atoms with E-state index in [0.29, 0.717) is 19.3 Å². The van der Waals surface area contributed by atoms with Gasteiger partial charge in [-0.25, -0.2) is 0 Å². The molecule has 0 heterocycles. The maximum absolute atomic E-state index is 12.8. The van der Waals surface area contributed by atoms with Gasteiger partial charge in [-0.2, -0.15) is 0 Å². The summed E-state index contributed by atoms with van der Waals surface area (Å²) in [5.41, 5.74) is 0. The number of esters is 3. The van der Waals surface area contributed by atoms with E-state index in [1.165, 1.54) is 186 Å². The van der Waals surface area contributed by atoms with Gasteiger partial charge in [0.05, 0.1) is 0 Å². The molecule has 0 aromatic carbocycles. The third kappa shape index (κ3) is 47.5. The molecule has 0 aromatic rings. The lowest BCUT2D eigenvalue weighted by Crippen LogP contribution is -2.30. The van der Waals surface area contributed by atoms with Gasteiger partial charge in [0.1, 0.15) is 13.2 Å². The number of carbonyl (C=O) groups excluding carboxylic acids is 3. The van der Waals surface area contributed by atoms with E-state index >= 15 is 0 Å². The summed E-state index contributed by atoms with van der Waals surface area (Å²) in [6.45, 7) is 11.4. The summed E-state index contributed by atoms with van der Waals surface area (Å²) in [5, 5.41) is 0. The van der Waals surface area contributed by atoms with Gasteiger partial charge in [0.25, 0.3) is 0 Å². The maximum Gasteiger partial charge on any atom is 0.306 e. The second-order valence-electron chi connectivity index (χ2n) is 19.5. The van der Waals surface area contributed by atoms with Gasteiger partial charge in [-0.15, -0.1) is 0 Å². The van der Waals surface area contributed by atoms with E-state index in [1.54, 1.807) is 0 Å². The lowest BCUT2D eigenvalue weighted by atomic mass is 10.0. The molecular weight excluding hydrogens is 745 g/mol. The number of hydrogen-bond donors (Lipinski definition) is 0. The first kappa shape index (κ1) is 58.4. The Balaban J connectivity index is 4.28. The molecule has 0 aliphatic rings. The van der Waals surface area contributed by atoms with Crippen LogP contribution in [0.5, 0.6) is 0 Å². The SMILES string of the molecule is CCCCCCCCCCCCCCCCCCCC(=O)OC[C@H](COC(=O)CCCCCCCCCCCCC(C)C)OC(=O)CCCCCCCCCCCC(C)C.